The van der Waals surface area contributed by atoms with Gasteiger partial charge in [-0.1, -0.05) is 23.7 Å². The van der Waals surface area contributed by atoms with Gasteiger partial charge in [0.1, 0.15) is 0 Å². The second kappa shape index (κ2) is 6.50. The van der Waals surface area contributed by atoms with Gasteiger partial charge >= 0.3 is 0 Å². The van der Waals surface area contributed by atoms with Crippen molar-refractivity contribution in [2.75, 3.05) is 12.8 Å². The molecule has 1 atom stereocenters. The lowest BCUT2D eigenvalue weighted by Gasteiger charge is -2.25. The molecule has 2 N–H and O–H groups in total. The summed E-state index contributed by atoms with van der Waals surface area (Å²) in [5.74, 6) is -0.0665. The molecule has 21 heavy (non-hydrogen) atoms. The molecule has 0 spiro atoms. The summed E-state index contributed by atoms with van der Waals surface area (Å²) in [5, 5.41) is 0.662. The fourth-order valence-corrected chi connectivity index (χ4v) is 2.61. The topological polar surface area (TPSA) is 46.3 Å². The second-order valence-corrected chi connectivity index (χ2v) is 6.17. The summed E-state index contributed by atoms with van der Waals surface area (Å²) < 4.78 is 0.720. The smallest absolute Gasteiger partial charge is 0.254 e. The SMILES string of the molecule is CC(c1cccc(Cl)c1)N(C)C(=O)c1ccc(N)c(Br)c1. The van der Waals surface area contributed by atoms with Crippen molar-refractivity contribution in [3.8, 4) is 0 Å². The van der Waals surface area contributed by atoms with Crippen molar-refractivity contribution >= 4 is 39.1 Å². The van der Waals surface area contributed by atoms with Crippen LogP contribution in [0.3, 0.4) is 0 Å². The molecule has 3 nitrogen and oxygen atoms in total. The van der Waals surface area contributed by atoms with Crippen LogP contribution in [0.4, 0.5) is 5.69 Å². The molecule has 2 aromatic rings. The molecule has 2 aromatic carbocycles. The second-order valence-electron chi connectivity index (χ2n) is 4.88. The molecule has 5 heteroatoms. The number of benzene rings is 2. The number of nitrogen functional groups attached to an aromatic ring is 1. The number of anilines is 1. The molecule has 0 saturated heterocycles. The third-order valence-corrected chi connectivity index (χ3v) is 4.40. The van der Waals surface area contributed by atoms with E-state index in [2.05, 4.69) is 15.9 Å². The minimum atomic E-state index is -0.0764. The van der Waals surface area contributed by atoms with Gasteiger partial charge in [0, 0.05) is 27.8 Å². The van der Waals surface area contributed by atoms with Crippen molar-refractivity contribution in [2.24, 2.45) is 0 Å². The maximum absolute atomic E-state index is 12.5. The molecule has 1 amide bonds. The number of amides is 1. The number of halogens is 2. The molecule has 0 saturated carbocycles. The third-order valence-electron chi connectivity index (χ3n) is 3.48. The maximum atomic E-state index is 12.5. The highest BCUT2D eigenvalue weighted by atomic mass is 79.9. The summed E-state index contributed by atoms with van der Waals surface area (Å²) in [4.78, 5) is 14.2. The van der Waals surface area contributed by atoms with Crippen molar-refractivity contribution in [2.45, 2.75) is 13.0 Å². The monoisotopic (exact) mass is 366 g/mol. The van der Waals surface area contributed by atoms with E-state index < -0.39 is 0 Å². The van der Waals surface area contributed by atoms with Gasteiger partial charge in [-0.05, 0) is 58.7 Å². The number of hydrogen-bond acceptors (Lipinski definition) is 2. The van der Waals surface area contributed by atoms with Gasteiger partial charge in [-0.2, -0.15) is 0 Å². The van der Waals surface area contributed by atoms with Gasteiger partial charge in [0.25, 0.3) is 5.91 Å². The molecule has 0 heterocycles. The minimum absolute atomic E-state index is 0.0665. The summed E-state index contributed by atoms with van der Waals surface area (Å²) in [7, 11) is 1.78. The Kier molecular flexibility index (Phi) is 4.91. The Morgan fingerprint density at radius 2 is 2.00 bits per heavy atom. The number of carbonyl (C=O) groups excluding carboxylic acids is 1. The first kappa shape index (κ1) is 15.9. The largest absolute Gasteiger partial charge is 0.398 e. The number of carbonyl (C=O) groups is 1. The number of rotatable bonds is 3. The summed E-state index contributed by atoms with van der Waals surface area (Å²) in [6.07, 6.45) is 0. The van der Waals surface area contributed by atoms with E-state index >= 15 is 0 Å². The Hall–Kier alpha value is -1.52. The Morgan fingerprint density at radius 3 is 2.62 bits per heavy atom. The highest BCUT2D eigenvalue weighted by molar-refractivity contribution is 9.10. The van der Waals surface area contributed by atoms with Crippen LogP contribution in [0.1, 0.15) is 28.9 Å². The van der Waals surface area contributed by atoms with Crippen molar-refractivity contribution < 1.29 is 4.79 Å². The number of hydrogen-bond donors (Lipinski definition) is 1. The summed E-state index contributed by atoms with van der Waals surface area (Å²) >= 11 is 9.35. The van der Waals surface area contributed by atoms with Crippen molar-refractivity contribution in [1.82, 2.24) is 4.90 Å². The number of nitrogens with zero attached hydrogens (tertiary/aromatic N) is 1. The molecule has 0 radical (unpaired) electrons. The minimum Gasteiger partial charge on any atom is -0.398 e. The lowest BCUT2D eigenvalue weighted by molar-refractivity contribution is 0.0742. The first-order valence-electron chi connectivity index (χ1n) is 6.48. The van der Waals surface area contributed by atoms with E-state index in [4.69, 9.17) is 17.3 Å². The van der Waals surface area contributed by atoms with Crippen LogP contribution in [0, 0.1) is 0 Å². The predicted molar refractivity (Wildman–Crippen MR) is 90.5 cm³/mol. The van der Waals surface area contributed by atoms with Gasteiger partial charge < -0.3 is 10.6 Å². The molecule has 0 aliphatic heterocycles. The Labute approximate surface area is 137 Å². The first-order chi connectivity index (χ1) is 9.90. The van der Waals surface area contributed by atoms with Crippen LogP contribution < -0.4 is 5.73 Å². The van der Waals surface area contributed by atoms with Gasteiger partial charge in [-0.3, -0.25) is 4.79 Å². The molecular formula is C16H16BrClN2O. The molecule has 0 bridgehead atoms. The van der Waals surface area contributed by atoms with Crippen LogP contribution in [0.25, 0.3) is 0 Å². The van der Waals surface area contributed by atoms with E-state index in [1.807, 2.05) is 31.2 Å². The van der Waals surface area contributed by atoms with Crippen molar-refractivity contribution in [3.63, 3.8) is 0 Å². The molecule has 2 rings (SSSR count). The van der Waals surface area contributed by atoms with Crippen LogP contribution in [0.5, 0.6) is 0 Å². The average Bonchev–Trinajstić information content (AvgIpc) is 2.47. The standard InChI is InChI=1S/C16H16BrClN2O/c1-10(11-4-3-5-13(18)8-11)20(2)16(21)12-6-7-15(19)14(17)9-12/h3-10H,19H2,1-2H3. The zero-order valence-electron chi connectivity index (χ0n) is 11.8. The highest BCUT2D eigenvalue weighted by Gasteiger charge is 2.19. The quantitative estimate of drug-likeness (QED) is 0.811. The van der Waals surface area contributed by atoms with Gasteiger partial charge in [0.15, 0.2) is 0 Å². The molecule has 0 aromatic heterocycles. The van der Waals surface area contributed by atoms with Gasteiger partial charge in [-0.15, -0.1) is 0 Å². The lowest BCUT2D eigenvalue weighted by Crippen LogP contribution is -2.29. The Balaban J connectivity index is 2.24. The molecule has 0 aliphatic carbocycles. The predicted octanol–water partition coefficient (Wildman–Crippen LogP) is 4.52. The summed E-state index contributed by atoms with van der Waals surface area (Å²) in [6, 6.07) is 12.6. The van der Waals surface area contributed by atoms with E-state index in [1.165, 1.54) is 0 Å². The maximum Gasteiger partial charge on any atom is 0.254 e. The number of nitrogens with two attached hydrogens (primary N) is 1. The lowest BCUT2D eigenvalue weighted by atomic mass is 10.1. The van der Waals surface area contributed by atoms with E-state index in [-0.39, 0.29) is 11.9 Å². The molecule has 1 unspecified atom stereocenters. The third kappa shape index (κ3) is 3.57. The van der Waals surface area contributed by atoms with Gasteiger partial charge in [0.2, 0.25) is 0 Å². The van der Waals surface area contributed by atoms with Crippen LogP contribution >= 0.6 is 27.5 Å². The fraction of sp³-hybridized carbons (Fsp3) is 0.188. The Bertz CT molecular complexity index is 675. The zero-order valence-corrected chi connectivity index (χ0v) is 14.1. The van der Waals surface area contributed by atoms with Crippen LogP contribution in [0.15, 0.2) is 46.9 Å². The van der Waals surface area contributed by atoms with Crippen LogP contribution in [-0.4, -0.2) is 17.9 Å². The van der Waals surface area contributed by atoms with Crippen molar-refractivity contribution in [1.29, 1.82) is 0 Å². The van der Waals surface area contributed by atoms with Crippen molar-refractivity contribution in [3.05, 3.63) is 63.1 Å². The van der Waals surface area contributed by atoms with E-state index in [9.17, 15) is 4.79 Å². The van der Waals surface area contributed by atoms with Gasteiger partial charge in [0.05, 0.1) is 6.04 Å². The van der Waals surface area contributed by atoms with E-state index in [0.29, 0.717) is 16.3 Å². The van der Waals surface area contributed by atoms with E-state index in [1.54, 1.807) is 30.1 Å². The molecule has 110 valence electrons. The van der Waals surface area contributed by atoms with Crippen LogP contribution in [-0.2, 0) is 0 Å². The highest BCUT2D eigenvalue weighted by Crippen LogP contribution is 2.25. The fourth-order valence-electron chi connectivity index (χ4n) is 2.03. The molecule has 0 fully saturated rings. The summed E-state index contributed by atoms with van der Waals surface area (Å²) in [5.41, 5.74) is 7.94. The molecule has 0 aliphatic rings. The van der Waals surface area contributed by atoms with Gasteiger partial charge in [-0.25, -0.2) is 0 Å². The van der Waals surface area contributed by atoms with Crippen LogP contribution in [0.2, 0.25) is 5.02 Å². The zero-order chi connectivity index (χ0) is 15.6. The summed E-state index contributed by atoms with van der Waals surface area (Å²) in [6.45, 7) is 1.97. The normalized spacial score (nSPS) is 12.0. The Morgan fingerprint density at radius 1 is 1.29 bits per heavy atom. The molecular weight excluding hydrogens is 352 g/mol. The average molecular weight is 368 g/mol. The van der Waals surface area contributed by atoms with E-state index in [0.717, 1.165) is 10.0 Å². The first-order valence-corrected chi connectivity index (χ1v) is 7.65.